The maximum absolute atomic E-state index is 11.8. The molecule has 5 nitrogen and oxygen atoms in total. The van der Waals surface area contributed by atoms with E-state index >= 15 is 0 Å². The summed E-state index contributed by atoms with van der Waals surface area (Å²) in [6, 6.07) is 8.61. The van der Waals surface area contributed by atoms with Crippen molar-refractivity contribution in [2.24, 2.45) is 11.1 Å². The molecule has 0 aromatic heterocycles. The molecule has 0 saturated carbocycles. The van der Waals surface area contributed by atoms with Crippen molar-refractivity contribution >= 4 is 17.5 Å². The molecule has 0 unspecified atom stereocenters. The highest BCUT2D eigenvalue weighted by Gasteiger charge is 2.27. The Bertz CT molecular complexity index is 452. The van der Waals surface area contributed by atoms with Gasteiger partial charge in [-0.1, -0.05) is 39.0 Å². The molecule has 1 aromatic rings. The van der Waals surface area contributed by atoms with E-state index in [1.54, 1.807) is 0 Å². The number of hydrogen-bond acceptors (Lipinski definition) is 3. The molecule has 0 saturated heterocycles. The summed E-state index contributed by atoms with van der Waals surface area (Å²) >= 11 is 0. The Labute approximate surface area is 119 Å². The van der Waals surface area contributed by atoms with Gasteiger partial charge in [0.05, 0.1) is 6.04 Å². The van der Waals surface area contributed by atoms with Gasteiger partial charge in [0, 0.05) is 18.7 Å². The van der Waals surface area contributed by atoms with Crippen LogP contribution in [-0.4, -0.2) is 24.4 Å². The minimum atomic E-state index is -0.584. The van der Waals surface area contributed by atoms with Gasteiger partial charge >= 0.3 is 0 Å². The summed E-state index contributed by atoms with van der Waals surface area (Å²) in [5, 5.41) is 5.43. The van der Waals surface area contributed by atoms with E-state index < -0.39 is 6.04 Å². The lowest BCUT2D eigenvalue weighted by Crippen LogP contribution is -2.49. The molecule has 4 N–H and O–H groups in total. The highest BCUT2D eigenvalue weighted by molar-refractivity contribution is 5.91. The Kier molecular flexibility index (Phi) is 5.70. The number of carbonyl (C=O) groups excluding carboxylic acids is 2. The fraction of sp³-hybridized carbons (Fsp3) is 0.467. The van der Waals surface area contributed by atoms with Crippen LogP contribution in [0, 0.1) is 5.41 Å². The first-order valence-electron chi connectivity index (χ1n) is 6.69. The van der Waals surface area contributed by atoms with Gasteiger partial charge < -0.3 is 16.4 Å². The Balaban J connectivity index is 2.31. The summed E-state index contributed by atoms with van der Waals surface area (Å²) in [6.07, 6.45) is 0.220. The maximum Gasteiger partial charge on any atom is 0.237 e. The molecule has 1 rings (SSSR count). The summed E-state index contributed by atoms with van der Waals surface area (Å²) in [4.78, 5) is 23.4. The molecule has 0 heterocycles. The topological polar surface area (TPSA) is 84.2 Å². The van der Waals surface area contributed by atoms with Crippen molar-refractivity contribution in [1.29, 1.82) is 0 Å². The molecule has 5 heteroatoms. The van der Waals surface area contributed by atoms with Crippen LogP contribution >= 0.6 is 0 Å². The highest BCUT2D eigenvalue weighted by Crippen LogP contribution is 2.17. The molecule has 2 amide bonds. The van der Waals surface area contributed by atoms with Crippen LogP contribution in [0.25, 0.3) is 0 Å². The van der Waals surface area contributed by atoms with E-state index in [4.69, 9.17) is 5.73 Å². The number of rotatable bonds is 5. The second-order valence-corrected chi connectivity index (χ2v) is 5.80. The third-order valence-electron chi connectivity index (χ3n) is 2.92. The molecular formula is C15H23N3O2. The second kappa shape index (κ2) is 7.05. The van der Waals surface area contributed by atoms with Crippen LogP contribution in [0.4, 0.5) is 5.69 Å². The van der Waals surface area contributed by atoms with E-state index in [-0.39, 0.29) is 30.2 Å². The summed E-state index contributed by atoms with van der Waals surface area (Å²) in [6.45, 7) is 5.99. The molecule has 0 aliphatic heterocycles. The maximum atomic E-state index is 11.8. The van der Waals surface area contributed by atoms with Crippen molar-refractivity contribution in [3.05, 3.63) is 30.3 Å². The van der Waals surface area contributed by atoms with Crippen molar-refractivity contribution in [3.63, 3.8) is 0 Å². The van der Waals surface area contributed by atoms with Crippen LogP contribution < -0.4 is 16.4 Å². The third-order valence-corrected chi connectivity index (χ3v) is 2.92. The molecule has 0 aliphatic rings. The zero-order valence-corrected chi connectivity index (χ0v) is 12.3. The van der Waals surface area contributed by atoms with Gasteiger partial charge in [-0.05, 0) is 17.5 Å². The second-order valence-electron chi connectivity index (χ2n) is 5.80. The summed E-state index contributed by atoms with van der Waals surface area (Å²) in [7, 11) is 0. The first-order valence-corrected chi connectivity index (χ1v) is 6.69. The van der Waals surface area contributed by atoms with Crippen molar-refractivity contribution in [1.82, 2.24) is 5.32 Å². The van der Waals surface area contributed by atoms with Crippen molar-refractivity contribution in [3.8, 4) is 0 Å². The minimum absolute atomic E-state index is 0.138. The fourth-order valence-corrected chi connectivity index (χ4v) is 1.55. The van der Waals surface area contributed by atoms with Crippen LogP contribution in [0.1, 0.15) is 27.2 Å². The van der Waals surface area contributed by atoms with Crippen LogP contribution in [0.5, 0.6) is 0 Å². The van der Waals surface area contributed by atoms with E-state index in [0.29, 0.717) is 0 Å². The van der Waals surface area contributed by atoms with Gasteiger partial charge in [-0.25, -0.2) is 0 Å². The largest absolute Gasteiger partial charge is 0.354 e. The zero-order chi connectivity index (χ0) is 15.2. The smallest absolute Gasteiger partial charge is 0.237 e. The first-order chi connectivity index (χ1) is 9.30. The van der Waals surface area contributed by atoms with Gasteiger partial charge in [-0.15, -0.1) is 0 Å². The van der Waals surface area contributed by atoms with Crippen LogP contribution in [0.2, 0.25) is 0 Å². The predicted molar refractivity (Wildman–Crippen MR) is 80.1 cm³/mol. The number of para-hydroxylation sites is 1. The number of hydrogen-bond donors (Lipinski definition) is 3. The molecule has 0 spiro atoms. The lowest BCUT2D eigenvalue weighted by Gasteiger charge is -2.25. The van der Waals surface area contributed by atoms with Gasteiger partial charge in [-0.3, -0.25) is 9.59 Å². The van der Waals surface area contributed by atoms with Crippen molar-refractivity contribution < 1.29 is 9.59 Å². The fourth-order valence-electron chi connectivity index (χ4n) is 1.55. The summed E-state index contributed by atoms with van der Waals surface area (Å²) < 4.78 is 0. The van der Waals surface area contributed by atoms with E-state index in [9.17, 15) is 9.59 Å². The quantitative estimate of drug-likeness (QED) is 0.762. The Morgan fingerprint density at radius 2 is 1.80 bits per heavy atom. The lowest BCUT2D eigenvalue weighted by molar-refractivity contribution is -0.124. The van der Waals surface area contributed by atoms with E-state index in [1.807, 2.05) is 51.1 Å². The predicted octanol–water partition coefficient (Wildman–Crippen LogP) is 1.50. The Morgan fingerprint density at radius 3 is 2.35 bits per heavy atom. The number of carbonyl (C=O) groups is 2. The molecule has 20 heavy (non-hydrogen) atoms. The minimum Gasteiger partial charge on any atom is -0.354 e. The number of benzene rings is 1. The van der Waals surface area contributed by atoms with Gasteiger partial charge in [0.25, 0.3) is 0 Å². The molecule has 0 bridgehead atoms. The average Bonchev–Trinajstić information content (AvgIpc) is 2.37. The molecular weight excluding hydrogens is 254 g/mol. The normalized spacial score (nSPS) is 12.6. The van der Waals surface area contributed by atoms with Crippen LogP contribution in [-0.2, 0) is 9.59 Å². The lowest BCUT2D eigenvalue weighted by atomic mass is 9.87. The third kappa shape index (κ3) is 5.40. The van der Waals surface area contributed by atoms with Crippen LogP contribution in [0.15, 0.2) is 30.3 Å². The van der Waals surface area contributed by atoms with Gasteiger partial charge in [0.2, 0.25) is 11.8 Å². The molecule has 0 aliphatic carbocycles. The standard InChI is InChI=1S/C15H23N3O2/c1-15(2,3)13(16)14(20)17-10-9-12(19)18-11-7-5-4-6-8-11/h4-8,13H,9-10,16H2,1-3H3,(H,17,20)(H,18,19)/t13-/m1/s1. The molecule has 0 fully saturated rings. The molecule has 1 aromatic carbocycles. The SMILES string of the molecule is CC(C)(C)[C@H](N)C(=O)NCCC(=O)Nc1ccccc1. The van der Waals surface area contributed by atoms with Gasteiger partial charge in [-0.2, -0.15) is 0 Å². The van der Waals surface area contributed by atoms with Gasteiger partial charge in [0.1, 0.15) is 0 Å². The number of nitrogens with one attached hydrogen (secondary N) is 2. The summed E-state index contributed by atoms with van der Waals surface area (Å²) in [5.74, 6) is -0.370. The van der Waals surface area contributed by atoms with Crippen molar-refractivity contribution in [2.45, 2.75) is 33.2 Å². The monoisotopic (exact) mass is 277 g/mol. The zero-order valence-electron chi connectivity index (χ0n) is 12.3. The van der Waals surface area contributed by atoms with Gasteiger partial charge in [0.15, 0.2) is 0 Å². The van der Waals surface area contributed by atoms with E-state index in [1.165, 1.54) is 0 Å². The Hall–Kier alpha value is -1.88. The number of anilines is 1. The van der Waals surface area contributed by atoms with E-state index in [2.05, 4.69) is 10.6 Å². The molecule has 0 radical (unpaired) electrons. The number of nitrogens with two attached hydrogens (primary N) is 1. The molecule has 110 valence electrons. The number of amides is 2. The van der Waals surface area contributed by atoms with Crippen molar-refractivity contribution in [2.75, 3.05) is 11.9 Å². The van der Waals surface area contributed by atoms with Crippen LogP contribution in [0.3, 0.4) is 0 Å². The van der Waals surface area contributed by atoms with E-state index in [0.717, 1.165) is 5.69 Å². The highest BCUT2D eigenvalue weighted by atomic mass is 16.2. The Morgan fingerprint density at radius 1 is 1.20 bits per heavy atom. The molecule has 1 atom stereocenters. The summed E-state index contributed by atoms with van der Waals surface area (Å²) in [5.41, 5.74) is 6.27. The average molecular weight is 277 g/mol. The first kappa shape index (κ1) is 16.2.